The molecule has 1 atom stereocenters. The maximum absolute atomic E-state index is 13.1. The van der Waals surface area contributed by atoms with Gasteiger partial charge in [0.05, 0.1) is 25.3 Å². The molecule has 0 aromatic carbocycles. The molecule has 0 bridgehead atoms. The minimum absolute atomic E-state index is 0.192. The Morgan fingerprint density at radius 1 is 0.964 bits per heavy atom. The average Bonchev–Trinajstić information content (AvgIpc) is 2.40. The summed E-state index contributed by atoms with van der Waals surface area (Å²) in [5, 5.41) is 3.65. The van der Waals surface area contributed by atoms with Gasteiger partial charge < -0.3 is 14.8 Å². The van der Waals surface area contributed by atoms with Crippen LogP contribution in [0, 0.1) is 0 Å². The van der Waals surface area contributed by atoms with E-state index in [-0.39, 0.29) is 23.9 Å². The van der Waals surface area contributed by atoms with Crippen molar-refractivity contribution in [2.75, 3.05) is 0 Å². The molecule has 1 rings (SSSR count). The fraction of sp³-hybridized carbons (Fsp3) is 0.667. The van der Waals surface area contributed by atoms with Crippen LogP contribution in [0.25, 0.3) is 0 Å². The number of ether oxygens (including phenoxy) is 2. The van der Waals surface area contributed by atoms with Crippen molar-refractivity contribution in [3.63, 3.8) is 0 Å². The molecule has 1 amide bonds. The highest BCUT2D eigenvalue weighted by atomic mass is 28.3. The molecule has 1 aliphatic carbocycles. The molecule has 0 saturated carbocycles. The first-order chi connectivity index (χ1) is 12.4. The predicted molar refractivity (Wildman–Crippen MR) is 112 cm³/mol. The van der Waals surface area contributed by atoms with E-state index in [1.807, 2.05) is 6.08 Å². The second-order valence-corrected chi connectivity index (χ2v) is 15.2. The van der Waals surface area contributed by atoms with E-state index in [9.17, 15) is 14.4 Å². The van der Waals surface area contributed by atoms with Crippen LogP contribution in [-0.4, -0.2) is 43.2 Å². The molecule has 6 nitrogen and oxygen atoms in total. The fourth-order valence-electron chi connectivity index (χ4n) is 2.89. The lowest BCUT2D eigenvalue weighted by Gasteiger charge is -2.33. The summed E-state index contributed by atoms with van der Waals surface area (Å²) in [5.74, 6) is -1.27. The van der Waals surface area contributed by atoms with E-state index in [1.165, 1.54) is 6.92 Å². The van der Waals surface area contributed by atoms with Gasteiger partial charge in [0.2, 0.25) is 5.91 Å². The molecule has 0 saturated heterocycles. The smallest absolute Gasteiger partial charge is 0.339 e. The normalized spacial score (nSPS) is 18.4. The summed E-state index contributed by atoms with van der Waals surface area (Å²) in [5.41, 5.74) is -0.831. The Labute approximate surface area is 169 Å². The number of carbonyl (C=O) groups excluding carboxylic acids is 3. The minimum Gasteiger partial charge on any atom is -0.457 e. The lowest BCUT2D eigenvalue weighted by atomic mass is 9.93. The monoisotopic (exact) mass is 409 g/mol. The van der Waals surface area contributed by atoms with E-state index in [4.69, 9.17) is 9.47 Å². The van der Waals surface area contributed by atoms with Crippen molar-refractivity contribution in [1.82, 2.24) is 5.32 Å². The largest absolute Gasteiger partial charge is 0.457 e. The van der Waals surface area contributed by atoms with Crippen molar-refractivity contribution in [2.45, 2.75) is 91.8 Å². The second-order valence-electron chi connectivity index (χ2n) is 10.2. The molecular formula is C21H35NO5Si. The summed E-state index contributed by atoms with van der Waals surface area (Å²) >= 11 is 0. The topological polar surface area (TPSA) is 81.7 Å². The van der Waals surface area contributed by atoms with Gasteiger partial charge in [0, 0.05) is 13.3 Å². The number of carbonyl (C=O) groups is 3. The molecule has 1 aliphatic rings. The summed E-state index contributed by atoms with van der Waals surface area (Å²) < 4.78 is 11.2. The Hall–Kier alpha value is -1.89. The number of rotatable bonds is 4. The van der Waals surface area contributed by atoms with E-state index in [2.05, 4.69) is 25.0 Å². The van der Waals surface area contributed by atoms with Crippen molar-refractivity contribution in [2.24, 2.45) is 0 Å². The average molecular weight is 410 g/mol. The highest BCUT2D eigenvalue weighted by Gasteiger charge is 2.39. The van der Waals surface area contributed by atoms with Gasteiger partial charge >= 0.3 is 11.9 Å². The zero-order chi connectivity index (χ0) is 22.1. The van der Waals surface area contributed by atoms with E-state index in [0.29, 0.717) is 5.57 Å². The van der Waals surface area contributed by atoms with Crippen LogP contribution in [-0.2, 0) is 23.9 Å². The molecule has 0 spiro atoms. The Balaban J connectivity index is 3.59. The summed E-state index contributed by atoms with van der Waals surface area (Å²) in [6.45, 7) is 18.4. The molecule has 0 unspecified atom stereocenters. The van der Waals surface area contributed by atoms with E-state index in [1.54, 1.807) is 41.5 Å². The molecular weight excluding hydrogens is 374 g/mol. The van der Waals surface area contributed by atoms with Crippen molar-refractivity contribution in [3.8, 4) is 0 Å². The second kappa shape index (κ2) is 8.23. The summed E-state index contributed by atoms with van der Waals surface area (Å²) in [7, 11) is -2.05. The molecule has 0 aromatic heterocycles. The minimum atomic E-state index is -2.05. The van der Waals surface area contributed by atoms with Crippen molar-refractivity contribution in [1.29, 1.82) is 0 Å². The van der Waals surface area contributed by atoms with Crippen LogP contribution in [0.3, 0.4) is 0 Å². The zero-order valence-electron chi connectivity index (χ0n) is 18.9. The van der Waals surface area contributed by atoms with Crippen molar-refractivity contribution in [3.05, 3.63) is 22.4 Å². The number of esters is 2. The first-order valence-corrected chi connectivity index (χ1v) is 13.1. The van der Waals surface area contributed by atoms with E-state index >= 15 is 0 Å². The third-order valence-electron chi connectivity index (χ3n) is 3.81. The van der Waals surface area contributed by atoms with Crippen LogP contribution in [0.2, 0.25) is 19.6 Å². The van der Waals surface area contributed by atoms with Crippen molar-refractivity contribution < 1.29 is 23.9 Å². The molecule has 0 heterocycles. The van der Waals surface area contributed by atoms with E-state index < -0.39 is 31.2 Å². The maximum Gasteiger partial charge on any atom is 0.339 e. The Morgan fingerprint density at radius 3 is 1.82 bits per heavy atom. The van der Waals surface area contributed by atoms with Crippen LogP contribution >= 0.6 is 0 Å². The number of hydrogen-bond donors (Lipinski definition) is 1. The highest BCUT2D eigenvalue weighted by Crippen LogP contribution is 2.35. The molecule has 0 aliphatic heterocycles. The lowest BCUT2D eigenvalue weighted by molar-refractivity contribution is -0.153. The maximum atomic E-state index is 13.1. The molecule has 0 aromatic rings. The number of hydrogen-bond acceptors (Lipinski definition) is 5. The van der Waals surface area contributed by atoms with Crippen LogP contribution in [0.1, 0.15) is 54.9 Å². The summed E-state index contributed by atoms with van der Waals surface area (Å²) in [6, 6.07) is -0.368. The van der Waals surface area contributed by atoms with Gasteiger partial charge in [-0.1, -0.05) is 25.7 Å². The van der Waals surface area contributed by atoms with Crippen molar-refractivity contribution >= 4 is 25.9 Å². The van der Waals surface area contributed by atoms with Gasteiger partial charge in [-0.15, -0.1) is 0 Å². The quantitative estimate of drug-likeness (QED) is 0.566. The number of amides is 1. The first kappa shape index (κ1) is 24.1. The van der Waals surface area contributed by atoms with Gasteiger partial charge in [-0.2, -0.15) is 0 Å². The van der Waals surface area contributed by atoms with Gasteiger partial charge in [0.15, 0.2) is 0 Å². The number of nitrogens with one attached hydrogen (secondary N) is 1. The van der Waals surface area contributed by atoms with E-state index in [0.717, 1.165) is 5.20 Å². The third kappa shape index (κ3) is 7.26. The Kier molecular flexibility index (Phi) is 7.10. The van der Waals surface area contributed by atoms with Gasteiger partial charge in [0.25, 0.3) is 0 Å². The van der Waals surface area contributed by atoms with Crippen LogP contribution in [0.4, 0.5) is 0 Å². The lowest BCUT2D eigenvalue weighted by Crippen LogP contribution is -2.42. The van der Waals surface area contributed by atoms with Crippen LogP contribution in [0.5, 0.6) is 0 Å². The van der Waals surface area contributed by atoms with Crippen LogP contribution < -0.4 is 5.32 Å². The van der Waals surface area contributed by atoms with Gasteiger partial charge in [-0.25, -0.2) is 9.59 Å². The molecule has 158 valence electrons. The molecule has 0 radical (unpaired) electrons. The van der Waals surface area contributed by atoms with Gasteiger partial charge in [-0.05, 0) is 46.7 Å². The zero-order valence-corrected chi connectivity index (χ0v) is 19.9. The molecule has 1 N–H and O–H groups in total. The Morgan fingerprint density at radius 2 is 1.43 bits per heavy atom. The fourth-order valence-corrected chi connectivity index (χ4v) is 4.60. The predicted octanol–water partition coefficient (Wildman–Crippen LogP) is 3.68. The molecule has 7 heteroatoms. The molecule has 0 fully saturated rings. The summed E-state index contributed by atoms with van der Waals surface area (Å²) in [6.07, 6.45) is 2.10. The van der Waals surface area contributed by atoms with Gasteiger partial charge in [0.1, 0.15) is 11.2 Å². The van der Waals surface area contributed by atoms with Crippen LogP contribution in [0.15, 0.2) is 22.4 Å². The standard InChI is InChI=1S/C21H35NO5Si/c1-13(23)22-14-11-15(18(24)26-20(2,3)4)17(16(12-14)28(8,9)10)19(25)27-21(5,6)7/h12,14H,11H2,1-10H3,(H,22,23)/t14-/m1/s1. The van der Waals surface area contributed by atoms with Gasteiger partial charge in [-0.3, -0.25) is 4.79 Å². The Bertz CT molecular complexity index is 715. The summed E-state index contributed by atoms with van der Waals surface area (Å²) in [4.78, 5) is 37.7. The SMILES string of the molecule is CC(=O)N[C@H]1C=C([Si](C)(C)C)C(C(=O)OC(C)(C)C)=C(C(=O)OC(C)(C)C)C1. The molecule has 28 heavy (non-hydrogen) atoms. The first-order valence-electron chi connectivity index (χ1n) is 9.60. The third-order valence-corrected chi connectivity index (χ3v) is 5.84. The highest BCUT2D eigenvalue weighted by molar-refractivity contribution is 6.84.